The summed E-state index contributed by atoms with van der Waals surface area (Å²) in [5.41, 5.74) is 2.26. The van der Waals surface area contributed by atoms with Crippen LogP contribution < -0.4 is 4.90 Å². The molecule has 1 N–H and O–H groups in total. The number of nitrogens with zero attached hydrogens (tertiary/aromatic N) is 5. The number of hydrogen-bond donors (Lipinski definition) is 1. The maximum absolute atomic E-state index is 12.7. The summed E-state index contributed by atoms with van der Waals surface area (Å²) in [6.07, 6.45) is 8.30. The van der Waals surface area contributed by atoms with E-state index in [9.17, 15) is 13.5 Å². The second kappa shape index (κ2) is 9.01. The molecular formula is C21H20ClN5O3S. The smallest absolute Gasteiger partial charge is 0.236 e. The van der Waals surface area contributed by atoms with Crippen molar-refractivity contribution in [2.24, 2.45) is 0 Å². The summed E-state index contributed by atoms with van der Waals surface area (Å²) in [5.74, 6) is 0.493. The largest absolute Gasteiger partial charge is 0.507 e. The number of aromatic nitrogens is 3. The normalized spacial score (nSPS) is 15.5. The van der Waals surface area contributed by atoms with Crippen molar-refractivity contribution in [2.75, 3.05) is 31.1 Å². The quantitative estimate of drug-likeness (QED) is 0.628. The molecule has 0 radical (unpaired) electrons. The van der Waals surface area contributed by atoms with E-state index in [-0.39, 0.29) is 5.75 Å². The van der Waals surface area contributed by atoms with Crippen molar-refractivity contribution in [3.63, 3.8) is 0 Å². The van der Waals surface area contributed by atoms with Gasteiger partial charge in [-0.15, -0.1) is 0 Å². The van der Waals surface area contributed by atoms with Crippen LogP contribution in [-0.4, -0.2) is 59.0 Å². The number of piperazine rings is 1. The maximum Gasteiger partial charge on any atom is 0.236 e. The lowest BCUT2D eigenvalue weighted by Crippen LogP contribution is -2.48. The van der Waals surface area contributed by atoms with E-state index in [1.807, 2.05) is 17.0 Å². The van der Waals surface area contributed by atoms with Crippen LogP contribution in [0.4, 0.5) is 5.95 Å². The predicted molar refractivity (Wildman–Crippen MR) is 120 cm³/mol. The molecule has 1 saturated heterocycles. The van der Waals surface area contributed by atoms with E-state index in [2.05, 4.69) is 15.0 Å². The van der Waals surface area contributed by atoms with Gasteiger partial charge in [0, 0.05) is 72.5 Å². The summed E-state index contributed by atoms with van der Waals surface area (Å²) in [6.45, 7) is 1.59. The molecule has 0 unspecified atom stereocenters. The minimum Gasteiger partial charge on any atom is -0.507 e. The number of aromatic hydroxyl groups is 1. The van der Waals surface area contributed by atoms with E-state index in [1.54, 1.807) is 36.9 Å². The van der Waals surface area contributed by atoms with Crippen molar-refractivity contribution < 1.29 is 13.5 Å². The molecule has 160 valence electrons. The van der Waals surface area contributed by atoms with Crippen LogP contribution in [0.15, 0.2) is 60.5 Å². The van der Waals surface area contributed by atoms with Crippen LogP contribution in [0.25, 0.3) is 17.2 Å². The third kappa shape index (κ3) is 5.01. The molecule has 8 nitrogen and oxygen atoms in total. The van der Waals surface area contributed by atoms with E-state index in [0.717, 1.165) is 16.5 Å². The first-order valence-corrected chi connectivity index (χ1v) is 11.4. The van der Waals surface area contributed by atoms with Gasteiger partial charge < -0.3 is 10.0 Å². The van der Waals surface area contributed by atoms with Crippen molar-refractivity contribution in [3.8, 4) is 16.9 Å². The number of halogens is 1. The summed E-state index contributed by atoms with van der Waals surface area (Å²) >= 11 is 5.80. The SMILES string of the molecule is O=S(=O)(C=Cc1ccc(Cl)cc1O)N1CCN(c2ncc(-c3ccncc3)cn2)CC1. The number of sulfonamides is 1. The minimum absolute atomic E-state index is 0.0730. The fourth-order valence-corrected chi connectivity index (χ4v) is 4.55. The highest BCUT2D eigenvalue weighted by Gasteiger charge is 2.26. The van der Waals surface area contributed by atoms with Gasteiger partial charge in [-0.05, 0) is 42.0 Å². The van der Waals surface area contributed by atoms with E-state index >= 15 is 0 Å². The molecule has 0 amide bonds. The zero-order chi connectivity index (χ0) is 21.8. The molecule has 1 aliphatic rings. The molecule has 1 fully saturated rings. The Morgan fingerprint density at radius 2 is 1.65 bits per heavy atom. The fraction of sp³-hybridized carbons (Fsp3) is 0.190. The first kappa shape index (κ1) is 21.2. The summed E-state index contributed by atoms with van der Waals surface area (Å²) in [5, 5.41) is 11.4. The molecule has 0 saturated carbocycles. The average Bonchev–Trinajstić information content (AvgIpc) is 2.79. The van der Waals surface area contributed by atoms with Gasteiger partial charge in [-0.2, -0.15) is 4.31 Å². The Balaban J connectivity index is 1.39. The van der Waals surface area contributed by atoms with Gasteiger partial charge in [0.25, 0.3) is 0 Å². The van der Waals surface area contributed by atoms with Crippen molar-refractivity contribution in [2.45, 2.75) is 0 Å². The number of phenols is 1. The molecule has 31 heavy (non-hydrogen) atoms. The lowest BCUT2D eigenvalue weighted by atomic mass is 10.1. The van der Waals surface area contributed by atoms with Crippen molar-refractivity contribution in [1.82, 2.24) is 19.3 Å². The molecule has 0 atom stereocenters. The zero-order valence-corrected chi connectivity index (χ0v) is 18.0. The Morgan fingerprint density at radius 1 is 0.968 bits per heavy atom. The van der Waals surface area contributed by atoms with Crippen LogP contribution in [0.3, 0.4) is 0 Å². The van der Waals surface area contributed by atoms with Crippen LogP contribution in [0, 0.1) is 0 Å². The minimum atomic E-state index is -3.62. The van der Waals surface area contributed by atoms with E-state index < -0.39 is 10.0 Å². The van der Waals surface area contributed by atoms with Crippen LogP contribution in [0.5, 0.6) is 5.75 Å². The number of pyridine rings is 1. The standard InChI is InChI=1S/C21H20ClN5O3S/c22-19-2-1-17(20(28)13-19)5-12-31(29,30)27-10-8-26(9-11-27)21-24-14-18(15-25-21)16-3-6-23-7-4-16/h1-7,12-15,28H,8-11H2. The van der Waals surface area contributed by atoms with Crippen LogP contribution >= 0.6 is 11.6 Å². The molecule has 1 aromatic carbocycles. The molecule has 3 aromatic rings. The molecular weight excluding hydrogens is 438 g/mol. The summed E-state index contributed by atoms with van der Waals surface area (Å²) in [7, 11) is -3.62. The highest BCUT2D eigenvalue weighted by Crippen LogP contribution is 2.24. The van der Waals surface area contributed by atoms with Crippen molar-refractivity contribution >= 4 is 33.6 Å². The zero-order valence-electron chi connectivity index (χ0n) is 16.5. The Labute approximate surface area is 185 Å². The third-order valence-corrected chi connectivity index (χ3v) is 6.75. The fourth-order valence-electron chi connectivity index (χ4n) is 3.22. The molecule has 2 aromatic heterocycles. The molecule has 4 rings (SSSR count). The number of hydrogen-bond acceptors (Lipinski definition) is 7. The van der Waals surface area contributed by atoms with Gasteiger partial charge in [-0.3, -0.25) is 4.98 Å². The van der Waals surface area contributed by atoms with Gasteiger partial charge >= 0.3 is 0 Å². The Morgan fingerprint density at radius 3 is 2.29 bits per heavy atom. The third-order valence-electron chi connectivity index (χ3n) is 4.95. The second-order valence-corrected chi connectivity index (χ2v) is 9.20. The predicted octanol–water partition coefficient (Wildman–Crippen LogP) is 3.02. The first-order valence-electron chi connectivity index (χ1n) is 9.56. The van der Waals surface area contributed by atoms with Gasteiger partial charge in [0.2, 0.25) is 16.0 Å². The summed E-state index contributed by atoms with van der Waals surface area (Å²) < 4.78 is 26.7. The van der Waals surface area contributed by atoms with E-state index in [0.29, 0.717) is 42.7 Å². The number of rotatable bonds is 5. The maximum atomic E-state index is 12.7. The Kier molecular flexibility index (Phi) is 6.17. The van der Waals surface area contributed by atoms with Crippen LogP contribution in [0.1, 0.15) is 5.56 Å². The highest BCUT2D eigenvalue weighted by molar-refractivity contribution is 7.92. The molecule has 1 aliphatic heterocycles. The summed E-state index contributed by atoms with van der Waals surface area (Å²) in [6, 6.07) is 8.30. The Hall–Kier alpha value is -3.01. The van der Waals surface area contributed by atoms with Crippen molar-refractivity contribution in [1.29, 1.82) is 0 Å². The lowest BCUT2D eigenvalue weighted by molar-refractivity contribution is 0.387. The van der Waals surface area contributed by atoms with Gasteiger partial charge in [-0.1, -0.05) is 11.6 Å². The first-order chi connectivity index (χ1) is 14.9. The number of benzene rings is 1. The number of phenolic OH excluding ortho intramolecular Hbond substituents is 1. The van der Waals surface area contributed by atoms with Gasteiger partial charge in [0.05, 0.1) is 0 Å². The molecule has 0 bridgehead atoms. The second-order valence-electron chi connectivity index (χ2n) is 6.94. The van der Waals surface area contributed by atoms with Gasteiger partial charge in [-0.25, -0.2) is 18.4 Å². The Bertz CT molecular complexity index is 1180. The topological polar surface area (TPSA) is 99.5 Å². The molecule has 10 heteroatoms. The molecule has 0 aliphatic carbocycles. The van der Waals surface area contributed by atoms with Crippen LogP contribution in [0.2, 0.25) is 5.02 Å². The van der Waals surface area contributed by atoms with E-state index in [1.165, 1.54) is 16.4 Å². The number of anilines is 1. The molecule has 3 heterocycles. The summed E-state index contributed by atoms with van der Waals surface area (Å²) in [4.78, 5) is 14.8. The molecule has 0 spiro atoms. The van der Waals surface area contributed by atoms with Crippen LogP contribution in [-0.2, 0) is 10.0 Å². The lowest BCUT2D eigenvalue weighted by Gasteiger charge is -2.33. The monoisotopic (exact) mass is 457 g/mol. The average molecular weight is 458 g/mol. The van der Waals surface area contributed by atoms with Gasteiger partial charge in [0.15, 0.2) is 0 Å². The highest BCUT2D eigenvalue weighted by atomic mass is 35.5. The van der Waals surface area contributed by atoms with Gasteiger partial charge in [0.1, 0.15) is 5.75 Å². The van der Waals surface area contributed by atoms with E-state index in [4.69, 9.17) is 11.6 Å². The van der Waals surface area contributed by atoms with Crippen molar-refractivity contribution in [3.05, 3.63) is 71.1 Å².